The maximum Gasteiger partial charge on any atom is 0.191 e. The van der Waals surface area contributed by atoms with Crippen molar-refractivity contribution in [3.8, 4) is 5.69 Å². The van der Waals surface area contributed by atoms with Gasteiger partial charge in [-0.05, 0) is 26.0 Å². The standard InChI is InChI=1S/C18H22N6S/c1-3-19-18(22-12-17-20-9-14(2)25-17)21-10-15-11-23-24(13-15)16-7-5-4-6-8-16/h4-9,11,13H,3,10,12H2,1-2H3,(H2,19,21,22). The Kier molecular flexibility index (Phi) is 5.79. The van der Waals surface area contributed by atoms with Crippen molar-refractivity contribution in [3.05, 3.63) is 64.4 Å². The molecular weight excluding hydrogens is 332 g/mol. The first kappa shape index (κ1) is 17.2. The van der Waals surface area contributed by atoms with Crippen molar-refractivity contribution in [2.45, 2.75) is 26.9 Å². The van der Waals surface area contributed by atoms with Crippen LogP contribution in [-0.2, 0) is 13.1 Å². The van der Waals surface area contributed by atoms with Gasteiger partial charge in [-0.25, -0.2) is 14.7 Å². The molecule has 0 aliphatic heterocycles. The van der Waals surface area contributed by atoms with Gasteiger partial charge >= 0.3 is 0 Å². The number of guanidine groups is 1. The van der Waals surface area contributed by atoms with Crippen LogP contribution in [0.4, 0.5) is 0 Å². The molecule has 0 spiro atoms. The lowest BCUT2D eigenvalue weighted by Gasteiger charge is -2.09. The molecule has 0 bridgehead atoms. The Morgan fingerprint density at radius 3 is 2.76 bits per heavy atom. The van der Waals surface area contributed by atoms with E-state index in [4.69, 9.17) is 0 Å². The number of aryl methyl sites for hydroxylation is 1. The summed E-state index contributed by atoms with van der Waals surface area (Å²) >= 11 is 1.69. The summed E-state index contributed by atoms with van der Waals surface area (Å²) in [5.41, 5.74) is 2.10. The van der Waals surface area contributed by atoms with Crippen LogP contribution in [0.2, 0.25) is 0 Å². The molecule has 0 radical (unpaired) electrons. The fraction of sp³-hybridized carbons (Fsp3) is 0.278. The molecule has 130 valence electrons. The third-order valence-corrected chi connectivity index (χ3v) is 4.41. The fourth-order valence-electron chi connectivity index (χ4n) is 2.32. The van der Waals surface area contributed by atoms with Crippen LogP contribution in [0.3, 0.4) is 0 Å². The van der Waals surface area contributed by atoms with Gasteiger partial charge in [0.1, 0.15) is 5.01 Å². The molecule has 0 saturated carbocycles. The molecule has 25 heavy (non-hydrogen) atoms. The first-order valence-corrected chi connectivity index (χ1v) is 9.08. The molecule has 6 nitrogen and oxygen atoms in total. The monoisotopic (exact) mass is 354 g/mol. The largest absolute Gasteiger partial charge is 0.357 e. The van der Waals surface area contributed by atoms with E-state index in [1.165, 1.54) is 4.88 Å². The van der Waals surface area contributed by atoms with Gasteiger partial charge in [-0.3, -0.25) is 0 Å². The first-order valence-electron chi connectivity index (χ1n) is 8.27. The van der Waals surface area contributed by atoms with E-state index < -0.39 is 0 Å². The number of nitrogens with one attached hydrogen (secondary N) is 2. The number of rotatable bonds is 6. The van der Waals surface area contributed by atoms with E-state index in [0.29, 0.717) is 13.1 Å². The molecule has 0 atom stereocenters. The molecule has 0 unspecified atom stereocenters. The average Bonchev–Trinajstić information content (AvgIpc) is 3.27. The van der Waals surface area contributed by atoms with E-state index in [-0.39, 0.29) is 0 Å². The van der Waals surface area contributed by atoms with Crippen LogP contribution in [0.1, 0.15) is 22.4 Å². The zero-order valence-corrected chi connectivity index (χ0v) is 15.3. The molecule has 7 heteroatoms. The normalized spacial score (nSPS) is 11.5. The summed E-state index contributed by atoms with van der Waals surface area (Å²) in [4.78, 5) is 10.2. The Morgan fingerprint density at radius 1 is 1.20 bits per heavy atom. The molecule has 1 aromatic carbocycles. The van der Waals surface area contributed by atoms with Gasteiger partial charge in [-0.2, -0.15) is 5.10 Å². The van der Waals surface area contributed by atoms with Crippen molar-refractivity contribution in [1.82, 2.24) is 25.4 Å². The van der Waals surface area contributed by atoms with E-state index in [1.807, 2.05) is 53.6 Å². The highest BCUT2D eigenvalue weighted by molar-refractivity contribution is 7.11. The summed E-state index contributed by atoms with van der Waals surface area (Å²) in [6, 6.07) is 10.1. The zero-order valence-electron chi connectivity index (χ0n) is 14.4. The van der Waals surface area contributed by atoms with Crippen LogP contribution in [0.25, 0.3) is 5.69 Å². The molecule has 0 amide bonds. The molecule has 3 aromatic rings. The minimum Gasteiger partial charge on any atom is -0.357 e. The van der Waals surface area contributed by atoms with Gasteiger partial charge in [0.2, 0.25) is 0 Å². The van der Waals surface area contributed by atoms with Gasteiger partial charge in [0, 0.05) is 29.4 Å². The maximum atomic E-state index is 4.63. The summed E-state index contributed by atoms with van der Waals surface area (Å²) < 4.78 is 1.86. The number of hydrogen-bond donors (Lipinski definition) is 2. The number of para-hydroxylation sites is 1. The minimum absolute atomic E-state index is 0.569. The van der Waals surface area contributed by atoms with Gasteiger partial charge in [-0.15, -0.1) is 11.3 Å². The molecule has 3 rings (SSSR count). The van der Waals surface area contributed by atoms with E-state index in [2.05, 4.69) is 39.6 Å². The minimum atomic E-state index is 0.569. The molecule has 0 fully saturated rings. The summed E-state index contributed by atoms with van der Waals surface area (Å²) in [5.74, 6) is 0.780. The van der Waals surface area contributed by atoms with Crippen LogP contribution in [0, 0.1) is 6.92 Å². The van der Waals surface area contributed by atoms with Crippen LogP contribution < -0.4 is 10.6 Å². The van der Waals surface area contributed by atoms with Crippen LogP contribution in [0.5, 0.6) is 0 Å². The van der Waals surface area contributed by atoms with Gasteiger partial charge < -0.3 is 10.6 Å². The Bertz CT molecular complexity index is 821. The van der Waals surface area contributed by atoms with E-state index in [1.54, 1.807) is 11.3 Å². The first-order chi connectivity index (χ1) is 12.2. The Hall–Kier alpha value is -2.67. The highest BCUT2D eigenvalue weighted by Crippen LogP contribution is 2.11. The second-order valence-electron chi connectivity index (χ2n) is 5.54. The molecule has 0 aliphatic carbocycles. The summed E-state index contributed by atoms with van der Waals surface area (Å²) in [6.45, 7) is 6.17. The van der Waals surface area contributed by atoms with Crippen LogP contribution >= 0.6 is 11.3 Å². The maximum absolute atomic E-state index is 4.63. The second-order valence-corrected chi connectivity index (χ2v) is 6.86. The van der Waals surface area contributed by atoms with E-state index >= 15 is 0 Å². The third kappa shape index (κ3) is 4.90. The number of nitrogens with zero attached hydrogens (tertiary/aromatic N) is 4. The number of thiazole rings is 1. The third-order valence-electron chi connectivity index (χ3n) is 3.50. The fourth-order valence-corrected chi connectivity index (χ4v) is 3.05. The smallest absolute Gasteiger partial charge is 0.191 e. The summed E-state index contributed by atoms with van der Waals surface area (Å²) in [5, 5.41) is 12.0. The lowest BCUT2D eigenvalue weighted by Crippen LogP contribution is -2.36. The highest BCUT2D eigenvalue weighted by atomic mass is 32.1. The Labute approximate surface area is 151 Å². The van der Waals surface area contributed by atoms with Crippen LogP contribution in [0.15, 0.2) is 53.9 Å². The SMILES string of the molecule is CCNC(=NCc1cnn(-c2ccccc2)c1)NCc1ncc(C)s1. The van der Waals surface area contributed by atoms with Crippen LogP contribution in [-0.4, -0.2) is 27.3 Å². The summed E-state index contributed by atoms with van der Waals surface area (Å²) in [6.07, 6.45) is 5.75. The molecule has 2 heterocycles. The molecule has 0 aliphatic rings. The number of benzene rings is 1. The second kappa shape index (κ2) is 8.43. The van der Waals surface area contributed by atoms with Crippen molar-refractivity contribution in [2.24, 2.45) is 4.99 Å². The molecule has 2 N–H and O–H groups in total. The average molecular weight is 354 g/mol. The van der Waals surface area contributed by atoms with E-state index in [0.717, 1.165) is 28.8 Å². The Morgan fingerprint density at radius 2 is 2.04 bits per heavy atom. The molecule has 0 saturated heterocycles. The van der Waals surface area contributed by atoms with Gasteiger partial charge in [0.25, 0.3) is 0 Å². The van der Waals surface area contributed by atoms with Crippen molar-refractivity contribution in [1.29, 1.82) is 0 Å². The lowest BCUT2D eigenvalue weighted by atomic mass is 10.3. The number of aromatic nitrogens is 3. The zero-order chi connectivity index (χ0) is 17.5. The van der Waals surface area contributed by atoms with Gasteiger partial charge in [0.05, 0.1) is 25.0 Å². The quantitative estimate of drug-likeness (QED) is 0.528. The lowest BCUT2D eigenvalue weighted by molar-refractivity contribution is 0.811. The number of hydrogen-bond acceptors (Lipinski definition) is 4. The van der Waals surface area contributed by atoms with Gasteiger partial charge in [-0.1, -0.05) is 18.2 Å². The number of aliphatic imine (C=N–C) groups is 1. The van der Waals surface area contributed by atoms with Crippen molar-refractivity contribution in [3.63, 3.8) is 0 Å². The summed E-state index contributed by atoms with van der Waals surface area (Å²) in [7, 11) is 0. The van der Waals surface area contributed by atoms with E-state index in [9.17, 15) is 0 Å². The molecule has 2 aromatic heterocycles. The van der Waals surface area contributed by atoms with Crippen molar-refractivity contribution >= 4 is 17.3 Å². The molecular formula is C18H22N6S. The van der Waals surface area contributed by atoms with Crippen molar-refractivity contribution < 1.29 is 0 Å². The Balaban J connectivity index is 1.62. The predicted octanol–water partition coefficient (Wildman–Crippen LogP) is 2.89. The topological polar surface area (TPSA) is 67.1 Å². The highest BCUT2D eigenvalue weighted by Gasteiger charge is 2.03. The predicted molar refractivity (Wildman–Crippen MR) is 102 cm³/mol. The van der Waals surface area contributed by atoms with Crippen molar-refractivity contribution in [2.75, 3.05) is 6.54 Å². The van der Waals surface area contributed by atoms with Gasteiger partial charge in [0.15, 0.2) is 5.96 Å².